The van der Waals surface area contributed by atoms with Gasteiger partial charge in [0.15, 0.2) is 0 Å². The smallest absolute Gasteiger partial charge is 0.265 e. The third-order valence-electron chi connectivity index (χ3n) is 8.93. The van der Waals surface area contributed by atoms with E-state index in [-0.39, 0.29) is 35.8 Å². The number of piperidine rings is 1. The van der Waals surface area contributed by atoms with E-state index in [9.17, 15) is 28.8 Å². The second-order valence-corrected chi connectivity index (χ2v) is 12.7. The molecule has 1 atom stereocenters. The van der Waals surface area contributed by atoms with Gasteiger partial charge in [-0.2, -0.15) is 0 Å². The number of hydrazine groups is 1. The van der Waals surface area contributed by atoms with Gasteiger partial charge in [-0.1, -0.05) is 76.5 Å². The highest BCUT2D eigenvalue weighted by Crippen LogP contribution is 2.32. The van der Waals surface area contributed by atoms with Crippen molar-refractivity contribution in [2.75, 3.05) is 18.4 Å². The lowest BCUT2D eigenvalue weighted by Gasteiger charge is -2.27. The third kappa shape index (κ3) is 11.0. The zero-order chi connectivity index (χ0) is 35.0. The largest absolute Gasteiger partial charge is 0.384 e. The van der Waals surface area contributed by atoms with Crippen LogP contribution in [0.15, 0.2) is 42.5 Å². The Hall–Kier alpha value is -4.58. The van der Waals surface area contributed by atoms with Crippen LogP contribution in [0.25, 0.3) is 0 Å². The quantitative estimate of drug-likeness (QED) is 0.0719. The molecular weight excluding hydrogens is 624 g/mol. The van der Waals surface area contributed by atoms with E-state index in [2.05, 4.69) is 33.7 Å². The molecule has 2 aromatic rings. The molecule has 264 valence electrons. The van der Waals surface area contributed by atoms with Crippen molar-refractivity contribution in [1.82, 2.24) is 26.4 Å². The number of fused-ring (bicyclic) bond motifs is 1. The minimum Gasteiger partial charge on any atom is -0.384 e. The van der Waals surface area contributed by atoms with Gasteiger partial charge in [0.1, 0.15) is 6.04 Å². The van der Waals surface area contributed by atoms with E-state index >= 15 is 0 Å². The average Bonchev–Trinajstić information content (AvgIpc) is 3.35. The first-order chi connectivity index (χ1) is 23.8. The molecule has 0 saturated carbocycles. The number of amides is 6. The minimum atomic E-state index is -0.982. The highest BCUT2D eigenvalue weighted by Gasteiger charge is 2.45. The van der Waals surface area contributed by atoms with E-state index in [0.29, 0.717) is 30.8 Å². The predicted molar refractivity (Wildman–Crippen MR) is 186 cm³/mol. The molecule has 0 aliphatic carbocycles. The second kappa shape index (κ2) is 19.4. The van der Waals surface area contributed by atoms with Crippen molar-refractivity contribution in [3.63, 3.8) is 0 Å². The SMILES string of the molecule is CCCCCCNNC(=O)c1ccc(CNC(=O)CCCCCCCCCNc2cccc3c2C(=O)N(C2CCC(=O)NC2=O)C3=O)cc1. The summed E-state index contributed by atoms with van der Waals surface area (Å²) in [6, 6.07) is 11.3. The highest BCUT2D eigenvalue weighted by molar-refractivity contribution is 6.25. The normalized spacial score (nSPS) is 15.6. The topological polar surface area (TPSA) is 166 Å². The van der Waals surface area contributed by atoms with Gasteiger partial charge in [0.25, 0.3) is 17.7 Å². The maximum atomic E-state index is 13.2. The van der Waals surface area contributed by atoms with Crippen LogP contribution in [0, 0.1) is 0 Å². The molecule has 1 unspecified atom stereocenters. The van der Waals surface area contributed by atoms with E-state index in [0.717, 1.165) is 74.8 Å². The second-order valence-electron chi connectivity index (χ2n) is 12.7. The Morgan fingerprint density at radius 2 is 1.51 bits per heavy atom. The van der Waals surface area contributed by atoms with Crippen molar-refractivity contribution in [3.8, 4) is 0 Å². The summed E-state index contributed by atoms with van der Waals surface area (Å²) in [6.07, 6.45) is 12.2. The van der Waals surface area contributed by atoms with Crippen LogP contribution in [-0.2, 0) is 20.9 Å². The van der Waals surface area contributed by atoms with Crippen LogP contribution in [-0.4, -0.2) is 59.5 Å². The van der Waals surface area contributed by atoms with Crippen LogP contribution in [0.5, 0.6) is 0 Å². The Morgan fingerprint density at radius 1 is 0.816 bits per heavy atom. The van der Waals surface area contributed by atoms with E-state index in [4.69, 9.17) is 0 Å². The molecule has 0 spiro atoms. The lowest BCUT2D eigenvalue weighted by molar-refractivity contribution is -0.136. The van der Waals surface area contributed by atoms with Crippen molar-refractivity contribution in [2.24, 2.45) is 0 Å². The molecule has 5 N–H and O–H groups in total. The van der Waals surface area contributed by atoms with Gasteiger partial charge in [-0.15, -0.1) is 0 Å². The summed E-state index contributed by atoms with van der Waals surface area (Å²) in [4.78, 5) is 75.6. The van der Waals surface area contributed by atoms with Crippen molar-refractivity contribution < 1.29 is 28.8 Å². The summed E-state index contributed by atoms with van der Waals surface area (Å²) in [5.74, 6) is -2.19. The number of carbonyl (C=O) groups is 6. The number of rotatable bonds is 21. The summed E-state index contributed by atoms with van der Waals surface area (Å²) in [7, 11) is 0. The standard InChI is InChI=1S/C37H50N6O6/c1-2-3-4-12-24-40-42-34(46)27-19-17-26(18-20-27)25-39-31(44)16-10-8-6-5-7-9-11-23-38-29-15-13-14-28-33(29)37(49)43(36(28)48)30-21-22-32(45)41-35(30)47/h13-15,17-20,30,38,40H,2-12,16,21-25H2,1H3,(H,39,44)(H,42,46)(H,41,45,47). The first-order valence-electron chi connectivity index (χ1n) is 17.8. The molecule has 6 amide bonds. The van der Waals surface area contributed by atoms with Crippen LogP contribution in [0.4, 0.5) is 5.69 Å². The first-order valence-corrected chi connectivity index (χ1v) is 17.8. The Bertz CT molecular complexity index is 1480. The molecule has 0 bridgehead atoms. The molecule has 2 aliphatic heterocycles. The number of anilines is 1. The average molecular weight is 675 g/mol. The molecule has 12 heteroatoms. The zero-order valence-electron chi connectivity index (χ0n) is 28.5. The molecule has 49 heavy (non-hydrogen) atoms. The summed E-state index contributed by atoms with van der Waals surface area (Å²) < 4.78 is 0. The van der Waals surface area contributed by atoms with Crippen LogP contribution >= 0.6 is 0 Å². The number of hydrogen-bond acceptors (Lipinski definition) is 8. The van der Waals surface area contributed by atoms with Gasteiger partial charge < -0.3 is 10.6 Å². The lowest BCUT2D eigenvalue weighted by atomic mass is 10.0. The summed E-state index contributed by atoms with van der Waals surface area (Å²) >= 11 is 0. The maximum absolute atomic E-state index is 13.2. The fraction of sp³-hybridized carbons (Fsp3) is 0.514. The number of hydrogen-bond donors (Lipinski definition) is 5. The summed E-state index contributed by atoms with van der Waals surface area (Å²) in [5.41, 5.74) is 8.33. The van der Waals surface area contributed by atoms with Gasteiger partial charge >= 0.3 is 0 Å². The fourth-order valence-corrected chi connectivity index (χ4v) is 6.10. The van der Waals surface area contributed by atoms with Gasteiger partial charge in [-0.25, -0.2) is 5.43 Å². The first kappa shape index (κ1) is 37.2. The highest BCUT2D eigenvalue weighted by atomic mass is 16.2. The van der Waals surface area contributed by atoms with Crippen LogP contribution in [0.2, 0.25) is 0 Å². The number of imide groups is 2. The number of unbranched alkanes of at least 4 members (excludes halogenated alkanes) is 9. The Morgan fingerprint density at radius 3 is 2.24 bits per heavy atom. The van der Waals surface area contributed by atoms with Crippen LogP contribution in [0.3, 0.4) is 0 Å². The number of nitrogens with zero attached hydrogens (tertiary/aromatic N) is 1. The molecule has 0 radical (unpaired) electrons. The number of carbonyl (C=O) groups excluding carboxylic acids is 6. The third-order valence-corrected chi connectivity index (χ3v) is 8.93. The van der Waals surface area contributed by atoms with E-state index < -0.39 is 29.7 Å². The zero-order valence-corrected chi connectivity index (χ0v) is 28.5. The Kier molecular flexibility index (Phi) is 14.8. The fourth-order valence-electron chi connectivity index (χ4n) is 6.10. The van der Waals surface area contributed by atoms with E-state index in [1.165, 1.54) is 12.8 Å². The molecular formula is C37H50N6O6. The lowest BCUT2D eigenvalue weighted by Crippen LogP contribution is -2.54. The van der Waals surface area contributed by atoms with Gasteiger partial charge in [0.2, 0.25) is 17.7 Å². The summed E-state index contributed by atoms with van der Waals surface area (Å²) in [5, 5.41) is 8.46. The molecule has 4 rings (SSSR count). The molecule has 12 nitrogen and oxygen atoms in total. The molecule has 2 aliphatic rings. The van der Waals surface area contributed by atoms with Gasteiger partial charge in [-0.05, 0) is 55.5 Å². The summed E-state index contributed by atoms with van der Waals surface area (Å²) in [6.45, 7) is 3.99. The van der Waals surface area contributed by atoms with Crippen LogP contribution in [0.1, 0.15) is 133 Å². The van der Waals surface area contributed by atoms with E-state index in [1.807, 2.05) is 12.1 Å². The molecule has 2 aromatic carbocycles. The maximum Gasteiger partial charge on any atom is 0.265 e. The molecule has 1 fully saturated rings. The molecule has 2 heterocycles. The van der Waals surface area contributed by atoms with Crippen molar-refractivity contribution >= 4 is 41.1 Å². The molecule has 1 saturated heterocycles. The predicted octanol–water partition coefficient (Wildman–Crippen LogP) is 4.75. The van der Waals surface area contributed by atoms with Gasteiger partial charge in [-0.3, -0.25) is 44.4 Å². The van der Waals surface area contributed by atoms with Crippen molar-refractivity contribution in [3.05, 3.63) is 64.7 Å². The number of nitrogens with one attached hydrogen (secondary N) is 5. The van der Waals surface area contributed by atoms with Gasteiger partial charge in [0, 0.05) is 43.7 Å². The van der Waals surface area contributed by atoms with Gasteiger partial charge in [0.05, 0.1) is 11.1 Å². The van der Waals surface area contributed by atoms with Crippen molar-refractivity contribution in [1.29, 1.82) is 0 Å². The monoisotopic (exact) mass is 674 g/mol. The van der Waals surface area contributed by atoms with Crippen molar-refractivity contribution in [2.45, 2.75) is 109 Å². The van der Waals surface area contributed by atoms with Crippen LogP contribution < -0.4 is 26.8 Å². The minimum absolute atomic E-state index is 0.0213. The molecule has 0 aromatic heterocycles. The van der Waals surface area contributed by atoms with E-state index in [1.54, 1.807) is 30.3 Å². The Labute approximate surface area is 288 Å². The number of benzene rings is 2. The Balaban J connectivity index is 1.03.